The van der Waals surface area contributed by atoms with Crippen molar-refractivity contribution in [2.24, 2.45) is 28.0 Å². The molecule has 0 spiro atoms. The van der Waals surface area contributed by atoms with Gasteiger partial charge in [0.25, 0.3) is 0 Å². The molecular formula is C35H52F2N4O3. The predicted molar refractivity (Wildman–Crippen MR) is 174 cm³/mol. The minimum absolute atomic E-state index is 0.225. The van der Waals surface area contributed by atoms with E-state index in [1.165, 1.54) is 43.2 Å². The van der Waals surface area contributed by atoms with Gasteiger partial charge in [0.15, 0.2) is 17.4 Å². The van der Waals surface area contributed by atoms with Crippen LogP contribution in [0.2, 0.25) is 0 Å². The van der Waals surface area contributed by atoms with Crippen LogP contribution < -0.4 is 21.1 Å². The van der Waals surface area contributed by atoms with Crippen molar-refractivity contribution in [3.05, 3.63) is 64.7 Å². The van der Waals surface area contributed by atoms with Crippen molar-refractivity contribution in [2.75, 3.05) is 20.2 Å². The Bertz CT molecular complexity index is 1180. The minimum atomic E-state index is -0.692. The number of aliphatic imine (C=N–C) groups is 1. The Morgan fingerprint density at radius 3 is 2.09 bits per heavy atom. The molecule has 1 atom stereocenters. The zero-order valence-corrected chi connectivity index (χ0v) is 27.3. The second-order valence-electron chi connectivity index (χ2n) is 12.8. The third-order valence-corrected chi connectivity index (χ3v) is 8.58. The number of nitrogens with one attached hydrogen (secondary N) is 2. The van der Waals surface area contributed by atoms with Gasteiger partial charge in [0.2, 0.25) is 6.41 Å². The van der Waals surface area contributed by atoms with Crippen molar-refractivity contribution in [1.82, 2.24) is 10.6 Å². The number of nitrogens with zero attached hydrogens (tertiary/aromatic N) is 1. The van der Waals surface area contributed by atoms with Crippen LogP contribution >= 0.6 is 0 Å². The molecular weight excluding hydrogens is 562 g/mol. The fraction of sp³-hybridized carbons (Fsp3) is 0.571. The van der Waals surface area contributed by atoms with Gasteiger partial charge in [-0.2, -0.15) is 0 Å². The number of hydrogen-bond acceptors (Lipinski definition) is 6. The lowest BCUT2D eigenvalue weighted by atomic mass is 9.69. The van der Waals surface area contributed by atoms with E-state index in [1.54, 1.807) is 0 Å². The molecule has 0 aromatic heterocycles. The van der Waals surface area contributed by atoms with Crippen LogP contribution in [0.1, 0.15) is 95.4 Å². The van der Waals surface area contributed by atoms with E-state index in [2.05, 4.69) is 62.6 Å². The van der Waals surface area contributed by atoms with Crippen LogP contribution in [0.25, 0.3) is 0 Å². The molecule has 2 fully saturated rings. The molecule has 4 N–H and O–H groups in total. The Morgan fingerprint density at radius 1 is 1.11 bits per heavy atom. The van der Waals surface area contributed by atoms with Gasteiger partial charge in [-0.1, -0.05) is 57.5 Å². The standard InChI is InChI=1S/C31H42F2N2O.C3H8N2O.CH2O/c1-7-27(23-18-25(32)29(36-6)26(33)19-23)34-31(16-14-24(15-17-31)30(3,4)5)35-28(22-12-13-22)21-10-8-20(2)9-11-21;4-1-2-5-3-6;1-2/h8-11,18-19,22,24,28,35H,7,12-17H2,1-6H3;3H,1-2,4H2,(H,5,6);1H2/b34-27+;;. The van der Waals surface area contributed by atoms with E-state index in [9.17, 15) is 13.6 Å². The van der Waals surface area contributed by atoms with Gasteiger partial charge in [-0.25, -0.2) is 8.78 Å². The van der Waals surface area contributed by atoms with Gasteiger partial charge in [-0.3, -0.25) is 15.1 Å². The number of hydrogen-bond donors (Lipinski definition) is 3. The maximum atomic E-state index is 14.6. The van der Waals surface area contributed by atoms with Crippen LogP contribution in [0.5, 0.6) is 5.75 Å². The fourth-order valence-corrected chi connectivity index (χ4v) is 5.89. The number of rotatable bonds is 11. The lowest BCUT2D eigenvalue weighted by molar-refractivity contribution is -0.109. The van der Waals surface area contributed by atoms with E-state index in [4.69, 9.17) is 20.3 Å². The summed E-state index contributed by atoms with van der Waals surface area (Å²) in [7, 11) is 1.28. The highest BCUT2D eigenvalue weighted by Crippen LogP contribution is 2.47. The largest absolute Gasteiger partial charge is 0.491 e. The van der Waals surface area contributed by atoms with Crippen molar-refractivity contribution >= 4 is 18.9 Å². The SMILES string of the molecule is C=O.CC/C(=N\C1(NC(c2ccc(C)cc2)C2CC2)CCC(C(C)(C)C)CC1)c1cc(F)c(OC)c(F)c1.NCCNC=O. The van der Waals surface area contributed by atoms with E-state index < -0.39 is 17.3 Å². The number of carbonyl (C=O) groups is 2. The molecule has 44 heavy (non-hydrogen) atoms. The van der Waals surface area contributed by atoms with Crippen LogP contribution in [0, 0.1) is 35.8 Å². The first-order chi connectivity index (χ1) is 21.0. The minimum Gasteiger partial charge on any atom is -0.491 e. The summed E-state index contributed by atoms with van der Waals surface area (Å²) in [4.78, 5) is 22.7. The van der Waals surface area contributed by atoms with Gasteiger partial charge in [0, 0.05) is 30.4 Å². The fourth-order valence-electron chi connectivity index (χ4n) is 5.89. The molecule has 0 aliphatic heterocycles. The Labute approximate surface area is 262 Å². The van der Waals surface area contributed by atoms with E-state index in [0.29, 0.717) is 43.3 Å². The molecule has 4 rings (SSSR count). The average Bonchev–Trinajstić information content (AvgIpc) is 3.85. The number of carbonyl (C=O) groups excluding carboxylic acids is 2. The Hall–Kier alpha value is -3.17. The number of aryl methyl sites for hydroxylation is 1. The van der Waals surface area contributed by atoms with Crippen LogP contribution in [0.15, 0.2) is 41.4 Å². The third kappa shape index (κ3) is 10.5. The molecule has 2 aromatic rings. The second kappa shape index (κ2) is 17.4. The lowest BCUT2D eigenvalue weighted by Crippen LogP contribution is -2.50. The Balaban J connectivity index is 0.000000755. The van der Waals surface area contributed by atoms with Gasteiger partial charge in [-0.15, -0.1) is 0 Å². The zero-order chi connectivity index (χ0) is 32.9. The van der Waals surface area contributed by atoms with E-state index >= 15 is 0 Å². The first kappa shape index (κ1) is 37.0. The summed E-state index contributed by atoms with van der Waals surface area (Å²) in [6.45, 7) is 14.2. The summed E-state index contributed by atoms with van der Waals surface area (Å²) < 4.78 is 34.1. The van der Waals surface area contributed by atoms with Gasteiger partial charge in [0.05, 0.1) is 7.11 Å². The molecule has 2 aliphatic rings. The summed E-state index contributed by atoms with van der Waals surface area (Å²) >= 11 is 0. The summed E-state index contributed by atoms with van der Waals surface area (Å²) in [5, 5.41) is 6.42. The van der Waals surface area contributed by atoms with E-state index in [1.807, 2.05) is 13.7 Å². The van der Waals surface area contributed by atoms with Crippen molar-refractivity contribution in [2.45, 2.75) is 91.3 Å². The predicted octanol–water partition coefficient (Wildman–Crippen LogP) is 6.66. The maximum Gasteiger partial charge on any atom is 0.207 e. The van der Waals surface area contributed by atoms with Gasteiger partial charge in [0.1, 0.15) is 12.5 Å². The molecule has 2 aliphatic carbocycles. The summed E-state index contributed by atoms with van der Waals surface area (Å²) in [6, 6.07) is 11.8. The second-order valence-corrected chi connectivity index (χ2v) is 12.8. The molecule has 1 unspecified atom stereocenters. The maximum absolute atomic E-state index is 14.6. The highest BCUT2D eigenvalue weighted by molar-refractivity contribution is 6.00. The molecule has 0 saturated heterocycles. The summed E-state index contributed by atoms with van der Waals surface area (Å²) in [6.07, 6.45) is 7.63. The first-order valence-electron chi connectivity index (χ1n) is 15.6. The van der Waals surface area contributed by atoms with Gasteiger partial charge >= 0.3 is 0 Å². The van der Waals surface area contributed by atoms with Gasteiger partial charge < -0.3 is 20.6 Å². The number of nitrogens with two attached hydrogens (primary N) is 1. The monoisotopic (exact) mass is 614 g/mol. The quantitative estimate of drug-likeness (QED) is 0.149. The first-order valence-corrected chi connectivity index (χ1v) is 15.6. The highest BCUT2D eigenvalue weighted by Gasteiger charge is 2.43. The average molecular weight is 615 g/mol. The molecule has 0 radical (unpaired) electrons. The Kier molecular flexibility index (Phi) is 14.6. The number of amides is 1. The van der Waals surface area contributed by atoms with Crippen LogP contribution in [0.3, 0.4) is 0 Å². The normalized spacial score (nSPS) is 20.8. The van der Waals surface area contributed by atoms with Crippen molar-refractivity contribution < 1.29 is 23.1 Å². The van der Waals surface area contributed by atoms with Crippen molar-refractivity contribution in [3.63, 3.8) is 0 Å². The van der Waals surface area contributed by atoms with E-state index in [0.717, 1.165) is 31.4 Å². The number of methoxy groups -OCH3 is 1. The van der Waals surface area contributed by atoms with Crippen LogP contribution in [-0.4, -0.2) is 44.8 Å². The topological polar surface area (TPSA) is 106 Å². The molecule has 2 saturated carbocycles. The van der Waals surface area contributed by atoms with Crippen LogP contribution in [-0.2, 0) is 9.59 Å². The zero-order valence-electron chi connectivity index (χ0n) is 27.3. The Morgan fingerprint density at radius 2 is 1.68 bits per heavy atom. The molecule has 244 valence electrons. The highest BCUT2D eigenvalue weighted by atomic mass is 19.1. The number of benzene rings is 2. The molecule has 7 nitrogen and oxygen atoms in total. The lowest BCUT2D eigenvalue weighted by Gasteiger charge is -2.44. The van der Waals surface area contributed by atoms with Crippen molar-refractivity contribution in [3.8, 4) is 5.75 Å². The molecule has 0 bridgehead atoms. The third-order valence-electron chi connectivity index (χ3n) is 8.58. The summed E-state index contributed by atoms with van der Waals surface area (Å²) in [5.74, 6) is -0.505. The van der Waals surface area contributed by atoms with Crippen molar-refractivity contribution in [1.29, 1.82) is 0 Å². The molecule has 2 aromatic carbocycles. The van der Waals surface area contributed by atoms with E-state index in [-0.39, 0.29) is 17.2 Å². The summed E-state index contributed by atoms with van der Waals surface area (Å²) in [5.41, 5.74) is 8.56. The molecule has 0 heterocycles. The molecule has 9 heteroatoms. The smallest absolute Gasteiger partial charge is 0.207 e. The molecule has 1 amide bonds. The van der Waals surface area contributed by atoms with Crippen LogP contribution in [0.4, 0.5) is 8.78 Å². The number of ether oxygens (including phenoxy) is 1. The number of halogens is 2. The van der Waals surface area contributed by atoms with Gasteiger partial charge in [-0.05, 0) is 86.8 Å².